The van der Waals surface area contributed by atoms with E-state index >= 15 is 0 Å². The molecule has 0 bridgehead atoms. The minimum atomic E-state index is -0.394. The zero-order valence-electron chi connectivity index (χ0n) is 11.5. The third-order valence-electron chi connectivity index (χ3n) is 3.23. The molecule has 1 heterocycles. The van der Waals surface area contributed by atoms with Gasteiger partial charge in [0, 0.05) is 26.7 Å². The molecule has 1 atom stereocenters. The van der Waals surface area contributed by atoms with Crippen LogP contribution in [0.3, 0.4) is 0 Å². The van der Waals surface area contributed by atoms with Crippen molar-refractivity contribution in [2.45, 2.75) is 19.0 Å². The minimum Gasteiger partial charge on any atom is -0.352 e. The summed E-state index contributed by atoms with van der Waals surface area (Å²) in [6, 6.07) is 9.32. The van der Waals surface area contributed by atoms with E-state index in [1.807, 2.05) is 30.3 Å². The van der Waals surface area contributed by atoms with Crippen LogP contribution in [-0.2, 0) is 16.1 Å². The van der Waals surface area contributed by atoms with E-state index < -0.39 is 6.04 Å². The molecule has 2 amide bonds. The fourth-order valence-corrected chi connectivity index (χ4v) is 2.08. The van der Waals surface area contributed by atoms with E-state index in [1.54, 1.807) is 11.9 Å². The van der Waals surface area contributed by atoms with Gasteiger partial charge in [-0.15, -0.1) is 12.4 Å². The van der Waals surface area contributed by atoms with Gasteiger partial charge in [-0.3, -0.25) is 9.59 Å². The van der Waals surface area contributed by atoms with Crippen LogP contribution in [0.5, 0.6) is 0 Å². The molecule has 1 aliphatic heterocycles. The van der Waals surface area contributed by atoms with E-state index in [0.717, 1.165) is 12.1 Å². The quantitative estimate of drug-likeness (QED) is 0.853. The van der Waals surface area contributed by atoms with E-state index in [0.29, 0.717) is 13.1 Å². The number of nitrogens with zero attached hydrogens (tertiary/aromatic N) is 1. The first kappa shape index (κ1) is 16.5. The molecule has 1 fully saturated rings. The molecule has 2 N–H and O–H groups in total. The smallest absolute Gasteiger partial charge is 0.240 e. The topological polar surface area (TPSA) is 61.4 Å². The predicted molar refractivity (Wildman–Crippen MR) is 79.6 cm³/mol. The number of benzene rings is 1. The molecule has 2 rings (SSSR count). The molecule has 6 heteroatoms. The van der Waals surface area contributed by atoms with Crippen LogP contribution < -0.4 is 10.6 Å². The molecule has 1 unspecified atom stereocenters. The van der Waals surface area contributed by atoms with Crippen LogP contribution >= 0.6 is 12.4 Å². The Morgan fingerprint density at radius 2 is 2.10 bits per heavy atom. The van der Waals surface area contributed by atoms with Crippen molar-refractivity contribution in [1.82, 2.24) is 15.5 Å². The van der Waals surface area contributed by atoms with Crippen LogP contribution in [0.2, 0.25) is 0 Å². The Morgan fingerprint density at radius 3 is 2.80 bits per heavy atom. The highest BCUT2D eigenvalue weighted by molar-refractivity contribution is 5.88. The fourth-order valence-electron chi connectivity index (χ4n) is 2.08. The van der Waals surface area contributed by atoms with Gasteiger partial charge in [-0.2, -0.15) is 0 Å². The fraction of sp³-hybridized carbons (Fsp3) is 0.429. The summed E-state index contributed by atoms with van der Waals surface area (Å²) in [6.45, 7) is 1.93. The Bertz CT molecular complexity index is 453. The van der Waals surface area contributed by atoms with Crippen molar-refractivity contribution >= 4 is 24.2 Å². The van der Waals surface area contributed by atoms with Crippen molar-refractivity contribution in [3.05, 3.63) is 35.9 Å². The zero-order valence-corrected chi connectivity index (χ0v) is 12.3. The Balaban J connectivity index is 0.00000200. The molecule has 1 saturated heterocycles. The highest BCUT2D eigenvalue weighted by Crippen LogP contribution is 2.03. The number of amides is 2. The molecule has 0 aliphatic carbocycles. The molecular weight excluding hydrogens is 278 g/mol. The van der Waals surface area contributed by atoms with Gasteiger partial charge in [-0.1, -0.05) is 30.3 Å². The summed E-state index contributed by atoms with van der Waals surface area (Å²) in [4.78, 5) is 25.3. The van der Waals surface area contributed by atoms with Gasteiger partial charge in [-0.25, -0.2) is 0 Å². The Morgan fingerprint density at radius 1 is 1.40 bits per heavy atom. The lowest BCUT2D eigenvalue weighted by Gasteiger charge is -2.29. The molecule has 1 aliphatic rings. The molecule has 1 aromatic carbocycles. The van der Waals surface area contributed by atoms with Crippen molar-refractivity contribution in [2.75, 3.05) is 20.1 Å². The van der Waals surface area contributed by atoms with Crippen molar-refractivity contribution in [1.29, 1.82) is 0 Å². The van der Waals surface area contributed by atoms with E-state index in [-0.39, 0.29) is 30.6 Å². The van der Waals surface area contributed by atoms with Crippen LogP contribution in [0.15, 0.2) is 30.3 Å². The number of nitrogens with one attached hydrogen (secondary N) is 2. The van der Waals surface area contributed by atoms with E-state index in [2.05, 4.69) is 10.6 Å². The van der Waals surface area contributed by atoms with Crippen molar-refractivity contribution < 1.29 is 9.59 Å². The molecule has 0 radical (unpaired) electrons. The van der Waals surface area contributed by atoms with Crippen LogP contribution in [-0.4, -0.2) is 42.9 Å². The summed E-state index contributed by atoms with van der Waals surface area (Å²) in [7, 11) is 1.76. The van der Waals surface area contributed by atoms with Gasteiger partial charge in [0.05, 0.1) is 12.5 Å². The second-order valence-corrected chi connectivity index (χ2v) is 4.73. The first-order valence-electron chi connectivity index (χ1n) is 6.46. The van der Waals surface area contributed by atoms with Gasteiger partial charge in [0.1, 0.15) is 0 Å². The van der Waals surface area contributed by atoms with E-state index in [1.165, 1.54) is 0 Å². The molecule has 110 valence electrons. The second kappa shape index (κ2) is 7.87. The average Bonchev–Trinajstić information content (AvgIpc) is 2.43. The van der Waals surface area contributed by atoms with Crippen LogP contribution in [0.25, 0.3) is 0 Å². The lowest BCUT2D eigenvalue weighted by molar-refractivity contribution is -0.136. The summed E-state index contributed by atoms with van der Waals surface area (Å²) in [6.07, 6.45) is 0.190. The summed E-state index contributed by atoms with van der Waals surface area (Å²) in [5.41, 5.74) is 1.05. The Labute approximate surface area is 125 Å². The third kappa shape index (κ3) is 4.51. The molecule has 20 heavy (non-hydrogen) atoms. The van der Waals surface area contributed by atoms with Gasteiger partial charge in [0.25, 0.3) is 0 Å². The lowest BCUT2D eigenvalue weighted by Crippen LogP contribution is -2.54. The van der Waals surface area contributed by atoms with Gasteiger partial charge in [-0.05, 0) is 5.56 Å². The Hall–Kier alpha value is -1.59. The van der Waals surface area contributed by atoms with Gasteiger partial charge in [0.15, 0.2) is 0 Å². The summed E-state index contributed by atoms with van der Waals surface area (Å²) in [5, 5.41) is 5.91. The van der Waals surface area contributed by atoms with Gasteiger partial charge in [0.2, 0.25) is 11.8 Å². The second-order valence-electron chi connectivity index (χ2n) is 4.73. The highest BCUT2D eigenvalue weighted by Gasteiger charge is 2.27. The standard InChI is InChI=1S/C14H19N3O2.ClH/c1-17-8-7-15-12(14(17)19)9-13(18)16-10-11-5-3-2-4-6-11;/h2-6,12,15H,7-10H2,1H3,(H,16,18);1H. The number of likely N-dealkylation sites (N-methyl/N-ethyl adjacent to an activating group) is 1. The Kier molecular flexibility index (Phi) is 6.48. The van der Waals surface area contributed by atoms with Gasteiger partial charge >= 0.3 is 0 Å². The van der Waals surface area contributed by atoms with Crippen LogP contribution in [0.4, 0.5) is 0 Å². The number of piperazine rings is 1. The maximum atomic E-state index is 11.8. The first-order chi connectivity index (χ1) is 9.16. The van der Waals surface area contributed by atoms with Crippen LogP contribution in [0, 0.1) is 0 Å². The number of rotatable bonds is 4. The predicted octanol–water partition coefficient (Wildman–Crippen LogP) is 0.545. The van der Waals surface area contributed by atoms with Gasteiger partial charge < -0.3 is 15.5 Å². The monoisotopic (exact) mass is 297 g/mol. The first-order valence-corrected chi connectivity index (χ1v) is 6.46. The summed E-state index contributed by atoms with van der Waals surface area (Å²) in [5.74, 6) is -0.119. The van der Waals surface area contributed by atoms with E-state index in [4.69, 9.17) is 0 Å². The van der Waals surface area contributed by atoms with Crippen molar-refractivity contribution in [3.63, 3.8) is 0 Å². The zero-order chi connectivity index (χ0) is 13.7. The highest BCUT2D eigenvalue weighted by atomic mass is 35.5. The number of carbonyl (C=O) groups excluding carboxylic acids is 2. The van der Waals surface area contributed by atoms with Crippen LogP contribution in [0.1, 0.15) is 12.0 Å². The number of hydrogen-bond donors (Lipinski definition) is 2. The normalized spacial score (nSPS) is 18.4. The largest absolute Gasteiger partial charge is 0.352 e. The number of hydrogen-bond acceptors (Lipinski definition) is 3. The van der Waals surface area contributed by atoms with E-state index in [9.17, 15) is 9.59 Å². The summed E-state index contributed by atoms with van der Waals surface area (Å²) < 4.78 is 0. The van der Waals surface area contributed by atoms with Crippen molar-refractivity contribution in [3.8, 4) is 0 Å². The average molecular weight is 298 g/mol. The molecule has 5 nitrogen and oxygen atoms in total. The maximum Gasteiger partial charge on any atom is 0.240 e. The van der Waals surface area contributed by atoms with Crippen molar-refractivity contribution in [2.24, 2.45) is 0 Å². The molecule has 0 aromatic heterocycles. The molecule has 0 saturated carbocycles. The molecular formula is C14H20ClN3O2. The SMILES string of the molecule is CN1CCNC(CC(=O)NCc2ccccc2)C1=O.Cl. The third-order valence-corrected chi connectivity index (χ3v) is 3.23. The minimum absolute atomic E-state index is 0. The molecule has 0 spiro atoms. The lowest BCUT2D eigenvalue weighted by atomic mass is 10.1. The maximum absolute atomic E-state index is 11.8. The number of carbonyl (C=O) groups is 2. The molecule has 1 aromatic rings. The summed E-state index contributed by atoms with van der Waals surface area (Å²) >= 11 is 0. The number of halogens is 1.